The first-order valence-electron chi connectivity index (χ1n) is 6.57. The van der Waals surface area contributed by atoms with Crippen LogP contribution in [0.3, 0.4) is 0 Å². The molecule has 0 heterocycles. The number of hydrogen-bond donors (Lipinski definition) is 2. The zero-order chi connectivity index (χ0) is 15.6. The van der Waals surface area contributed by atoms with Gasteiger partial charge in [-0.05, 0) is 33.6 Å². The quantitative estimate of drug-likeness (QED) is 0.613. The Morgan fingerprint density at radius 1 is 1.35 bits per heavy atom. The lowest BCUT2D eigenvalue weighted by molar-refractivity contribution is 0.0853. The van der Waals surface area contributed by atoms with Crippen LogP contribution in [-0.4, -0.2) is 34.9 Å². The van der Waals surface area contributed by atoms with Crippen molar-refractivity contribution in [2.24, 2.45) is 0 Å². The molecular formula is C13H22N2O4S. The van der Waals surface area contributed by atoms with E-state index < -0.39 is 26.4 Å². The molecule has 114 valence electrons. The largest absolute Gasteiger partial charge is 0.464 e. The van der Waals surface area contributed by atoms with Crippen molar-refractivity contribution in [3.8, 4) is 11.8 Å². The molecule has 6 nitrogen and oxygen atoms in total. The summed E-state index contributed by atoms with van der Waals surface area (Å²) in [7, 11) is -3.76. The van der Waals surface area contributed by atoms with Gasteiger partial charge in [-0.2, -0.15) is 0 Å². The monoisotopic (exact) mass is 302 g/mol. The maximum atomic E-state index is 12.4. The molecule has 0 bridgehead atoms. The second-order valence-corrected chi connectivity index (χ2v) is 8.01. The third kappa shape index (κ3) is 3.64. The normalized spacial score (nSPS) is 17.0. The molecule has 2 N–H and O–H groups in total. The summed E-state index contributed by atoms with van der Waals surface area (Å²) in [5.41, 5.74) is -0.857. The molecule has 0 spiro atoms. The summed E-state index contributed by atoms with van der Waals surface area (Å²) in [6.07, 6.45) is 0.619. The van der Waals surface area contributed by atoms with Crippen molar-refractivity contribution in [2.45, 2.75) is 63.7 Å². The predicted octanol–water partition coefficient (Wildman–Crippen LogP) is 1.94. The number of rotatable bonds is 4. The van der Waals surface area contributed by atoms with E-state index in [1.165, 1.54) is 0 Å². The second kappa shape index (κ2) is 5.62. The average Bonchev–Trinajstić information content (AvgIpc) is 3.06. The maximum Gasteiger partial charge on any atom is 0.423 e. The molecule has 0 unspecified atom stereocenters. The lowest BCUT2D eigenvalue weighted by Crippen LogP contribution is -2.57. The van der Waals surface area contributed by atoms with Crippen molar-refractivity contribution in [1.82, 2.24) is 9.84 Å². The van der Waals surface area contributed by atoms with Crippen molar-refractivity contribution >= 4 is 16.1 Å². The summed E-state index contributed by atoms with van der Waals surface area (Å²) in [6, 6.07) is 0. The molecule has 1 amide bonds. The zero-order valence-electron chi connectivity index (χ0n) is 12.4. The molecule has 0 aliphatic heterocycles. The SMILES string of the molecule is CCC#CCC1(S(=O)(=O)NN(C(=O)O)C(C)(C)C)CC1. The summed E-state index contributed by atoms with van der Waals surface area (Å²) < 4.78 is 23.8. The first kappa shape index (κ1) is 16.8. The van der Waals surface area contributed by atoms with Gasteiger partial charge in [0.15, 0.2) is 0 Å². The number of carboxylic acid groups (broad SMARTS) is 1. The van der Waals surface area contributed by atoms with Crippen molar-refractivity contribution < 1.29 is 18.3 Å². The molecule has 0 aromatic rings. The number of carbonyl (C=O) groups is 1. The topological polar surface area (TPSA) is 86.7 Å². The summed E-state index contributed by atoms with van der Waals surface area (Å²) in [5.74, 6) is 5.70. The van der Waals surface area contributed by atoms with Crippen LogP contribution in [0.15, 0.2) is 0 Å². The molecule has 1 saturated carbocycles. The Labute approximate surface area is 120 Å². The highest BCUT2D eigenvalue weighted by Gasteiger charge is 2.55. The molecule has 0 aromatic heterocycles. The van der Waals surface area contributed by atoms with Gasteiger partial charge in [-0.3, -0.25) is 0 Å². The van der Waals surface area contributed by atoms with Gasteiger partial charge in [-0.25, -0.2) is 18.2 Å². The van der Waals surface area contributed by atoms with Crippen molar-refractivity contribution in [3.05, 3.63) is 0 Å². The molecule has 0 saturated heterocycles. The van der Waals surface area contributed by atoms with Gasteiger partial charge in [0, 0.05) is 12.8 Å². The number of hydrogen-bond acceptors (Lipinski definition) is 3. The van der Waals surface area contributed by atoms with E-state index >= 15 is 0 Å². The van der Waals surface area contributed by atoms with E-state index in [0.29, 0.717) is 19.3 Å². The van der Waals surface area contributed by atoms with E-state index in [4.69, 9.17) is 5.11 Å². The lowest BCUT2D eigenvalue weighted by Gasteiger charge is -2.33. The van der Waals surface area contributed by atoms with Gasteiger partial charge in [0.1, 0.15) is 0 Å². The smallest absolute Gasteiger partial charge is 0.423 e. The Kier molecular flexibility index (Phi) is 4.72. The van der Waals surface area contributed by atoms with Crippen LogP contribution in [0.25, 0.3) is 0 Å². The van der Waals surface area contributed by atoms with Crippen LogP contribution in [0, 0.1) is 11.8 Å². The summed E-state index contributed by atoms with van der Waals surface area (Å²) in [4.78, 5) is 13.4. The van der Waals surface area contributed by atoms with Gasteiger partial charge in [0.25, 0.3) is 0 Å². The van der Waals surface area contributed by atoms with Crippen LogP contribution in [0.5, 0.6) is 0 Å². The van der Waals surface area contributed by atoms with Crippen LogP contribution in [-0.2, 0) is 10.0 Å². The van der Waals surface area contributed by atoms with Gasteiger partial charge in [0.05, 0.1) is 10.3 Å². The van der Waals surface area contributed by atoms with Crippen LogP contribution >= 0.6 is 0 Å². The highest BCUT2D eigenvalue weighted by atomic mass is 32.2. The molecular weight excluding hydrogens is 280 g/mol. The third-order valence-electron chi connectivity index (χ3n) is 3.16. The highest BCUT2D eigenvalue weighted by Crippen LogP contribution is 2.46. The molecule has 1 aliphatic rings. The molecule has 0 aromatic carbocycles. The van der Waals surface area contributed by atoms with E-state index in [1.54, 1.807) is 20.8 Å². The van der Waals surface area contributed by atoms with Crippen molar-refractivity contribution in [1.29, 1.82) is 0 Å². The van der Waals surface area contributed by atoms with Crippen molar-refractivity contribution in [2.75, 3.05) is 0 Å². The standard InChI is InChI=1S/C13H22N2O4S/c1-5-6-7-8-13(9-10-13)20(18,19)14-15(11(16)17)12(2,3)4/h14H,5,8-10H2,1-4H3,(H,16,17). The first-order valence-corrected chi connectivity index (χ1v) is 8.05. The fraction of sp³-hybridized carbons (Fsp3) is 0.769. The fourth-order valence-electron chi connectivity index (χ4n) is 1.71. The average molecular weight is 302 g/mol. The summed E-state index contributed by atoms with van der Waals surface area (Å²) in [6.45, 7) is 6.77. The Morgan fingerprint density at radius 2 is 1.90 bits per heavy atom. The number of nitrogens with zero attached hydrogens (tertiary/aromatic N) is 1. The zero-order valence-corrected chi connectivity index (χ0v) is 13.2. The highest BCUT2D eigenvalue weighted by molar-refractivity contribution is 7.91. The van der Waals surface area contributed by atoms with Gasteiger partial charge < -0.3 is 5.11 Å². The van der Waals surface area contributed by atoms with Crippen molar-refractivity contribution in [3.63, 3.8) is 0 Å². The Balaban J connectivity index is 2.92. The van der Waals surface area contributed by atoms with E-state index in [1.807, 2.05) is 6.92 Å². The van der Waals surface area contributed by atoms with Crippen LogP contribution in [0.2, 0.25) is 0 Å². The third-order valence-corrected chi connectivity index (χ3v) is 5.28. The maximum absolute atomic E-state index is 12.4. The van der Waals surface area contributed by atoms with E-state index in [-0.39, 0.29) is 6.42 Å². The van der Waals surface area contributed by atoms with E-state index in [9.17, 15) is 13.2 Å². The van der Waals surface area contributed by atoms with Gasteiger partial charge in [-0.15, -0.1) is 16.7 Å². The molecule has 20 heavy (non-hydrogen) atoms. The molecule has 1 fully saturated rings. The molecule has 0 radical (unpaired) electrons. The van der Waals surface area contributed by atoms with Gasteiger partial charge >= 0.3 is 6.09 Å². The number of amides is 1. The van der Waals surface area contributed by atoms with Crippen LogP contribution in [0.1, 0.15) is 53.4 Å². The fourth-order valence-corrected chi connectivity index (χ4v) is 3.40. The first-order chi connectivity index (χ1) is 9.06. The minimum absolute atomic E-state index is 0.244. The van der Waals surface area contributed by atoms with Crippen LogP contribution in [0.4, 0.5) is 4.79 Å². The number of nitrogens with one attached hydrogen (secondary N) is 1. The minimum atomic E-state index is -3.76. The summed E-state index contributed by atoms with van der Waals surface area (Å²) in [5, 5.41) is 9.88. The molecule has 1 rings (SSSR count). The number of hydrazine groups is 1. The Morgan fingerprint density at radius 3 is 2.25 bits per heavy atom. The summed E-state index contributed by atoms with van der Waals surface area (Å²) >= 11 is 0. The Bertz CT molecular complexity index is 533. The predicted molar refractivity (Wildman–Crippen MR) is 76.3 cm³/mol. The van der Waals surface area contributed by atoms with Gasteiger partial charge in [0.2, 0.25) is 10.0 Å². The lowest BCUT2D eigenvalue weighted by atomic mass is 10.1. The second-order valence-electron chi connectivity index (χ2n) is 5.95. The minimum Gasteiger partial charge on any atom is -0.464 e. The van der Waals surface area contributed by atoms with E-state index in [0.717, 1.165) is 5.01 Å². The molecule has 0 atom stereocenters. The van der Waals surface area contributed by atoms with Crippen LogP contribution < -0.4 is 4.83 Å². The Hall–Kier alpha value is -1.26. The molecule has 1 aliphatic carbocycles. The number of sulfonamides is 1. The van der Waals surface area contributed by atoms with Gasteiger partial charge in [-0.1, -0.05) is 6.92 Å². The molecule has 7 heteroatoms. The van der Waals surface area contributed by atoms with E-state index in [2.05, 4.69) is 16.7 Å².